The molecule has 2 aromatic carbocycles. The highest BCUT2D eigenvalue weighted by molar-refractivity contribution is 7.99. The number of amides is 2. The van der Waals surface area contributed by atoms with Gasteiger partial charge in [0, 0.05) is 10.6 Å². The Morgan fingerprint density at radius 3 is 2.83 bits per heavy atom. The summed E-state index contributed by atoms with van der Waals surface area (Å²) in [5.41, 5.74) is 1.79. The number of thioether (sulfide) groups is 1. The second kappa shape index (κ2) is 7.94. The maximum absolute atomic E-state index is 12.8. The minimum atomic E-state index is -0.248. The first-order valence-corrected chi connectivity index (χ1v) is 10.2. The Bertz CT molecular complexity index is 1120. The minimum absolute atomic E-state index is 0.0280. The molecule has 2 amide bonds. The lowest BCUT2D eigenvalue weighted by atomic mass is 10.2. The lowest BCUT2D eigenvalue weighted by Gasteiger charge is -2.28. The summed E-state index contributed by atoms with van der Waals surface area (Å²) >= 11 is 13.3. The van der Waals surface area contributed by atoms with Crippen LogP contribution in [0.25, 0.3) is 11.4 Å². The van der Waals surface area contributed by atoms with E-state index in [1.165, 1.54) is 9.58 Å². The molecule has 0 saturated carbocycles. The van der Waals surface area contributed by atoms with Crippen LogP contribution < -0.4 is 16.1 Å². The summed E-state index contributed by atoms with van der Waals surface area (Å²) in [4.78, 5) is 26.1. The van der Waals surface area contributed by atoms with Crippen LogP contribution in [-0.2, 0) is 9.59 Å². The molecule has 3 N–H and O–H groups in total. The fraction of sp³-hybridized carbons (Fsp3) is 0.111. The molecule has 2 heterocycles. The number of nitrogens with zero attached hydrogens (tertiary/aromatic N) is 4. The van der Waals surface area contributed by atoms with Crippen molar-refractivity contribution in [2.24, 2.45) is 0 Å². The first kappa shape index (κ1) is 19.6. The fourth-order valence-electron chi connectivity index (χ4n) is 2.89. The van der Waals surface area contributed by atoms with Gasteiger partial charge in [0.2, 0.25) is 17.0 Å². The van der Waals surface area contributed by atoms with E-state index in [1.54, 1.807) is 42.5 Å². The summed E-state index contributed by atoms with van der Waals surface area (Å²) in [5.74, 6) is 5.96. The number of halogens is 2. The van der Waals surface area contributed by atoms with Crippen molar-refractivity contribution in [2.45, 2.75) is 5.16 Å². The lowest BCUT2D eigenvalue weighted by Crippen LogP contribution is -2.43. The van der Waals surface area contributed by atoms with Crippen LogP contribution in [0.2, 0.25) is 10.0 Å². The number of anilines is 2. The normalized spacial score (nSPS) is 13.2. The van der Waals surface area contributed by atoms with Crippen LogP contribution in [0.3, 0.4) is 0 Å². The van der Waals surface area contributed by atoms with Gasteiger partial charge in [-0.05, 0) is 30.3 Å². The molecule has 0 unspecified atom stereocenters. The summed E-state index contributed by atoms with van der Waals surface area (Å²) in [5, 5.41) is 12.1. The third-order valence-electron chi connectivity index (χ3n) is 4.23. The molecule has 0 aliphatic carbocycles. The second-order valence-electron chi connectivity index (χ2n) is 6.13. The Hall–Kier alpha value is -2.75. The third-order valence-corrected chi connectivity index (χ3v) is 5.72. The molecule has 3 aromatic rings. The van der Waals surface area contributed by atoms with Crippen molar-refractivity contribution in [1.29, 1.82) is 0 Å². The Morgan fingerprint density at radius 1 is 1.21 bits per heavy atom. The van der Waals surface area contributed by atoms with E-state index in [1.807, 2.05) is 0 Å². The van der Waals surface area contributed by atoms with Crippen molar-refractivity contribution in [3.63, 3.8) is 0 Å². The SMILES string of the molecule is Nn1c(SCC(=O)N2CC(=O)Nc3ccccc32)nnc1-c1cc(Cl)ccc1Cl. The fourth-order valence-corrected chi connectivity index (χ4v) is 3.99. The van der Waals surface area contributed by atoms with Crippen LogP contribution in [0.1, 0.15) is 0 Å². The highest BCUT2D eigenvalue weighted by Gasteiger charge is 2.27. The number of nitrogen functional groups attached to an aromatic ring is 1. The van der Waals surface area contributed by atoms with E-state index in [-0.39, 0.29) is 24.1 Å². The van der Waals surface area contributed by atoms with Gasteiger partial charge in [-0.2, -0.15) is 0 Å². The van der Waals surface area contributed by atoms with Crippen molar-refractivity contribution in [2.75, 3.05) is 28.4 Å². The number of fused-ring (bicyclic) bond motifs is 1. The number of nitrogens with two attached hydrogens (primary N) is 1. The Kier molecular flexibility index (Phi) is 5.35. The third kappa shape index (κ3) is 3.89. The van der Waals surface area contributed by atoms with Crippen LogP contribution in [0.5, 0.6) is 0 Å². The van der Waals surface area contributed by atoms with Crippen molar-refractivity contribution < 1.29 is 9.59 Å². The number of para-hydroxylation sites is 2. The summed E-state index contributed by atoms with van der Waals surface area (Å²) < 4.78 is 1.26. The van der Waals surface area contributed by atoms with Gasteiger partial charge >= 0.3 is 0 Å². The number of nitrogens with one attached hydrogen (secondary N) is 1. The van der Waals surface area contributed by atoms with Gasteiger partial charge in [0.25, 0.3) is 0 Å². The zero-order valence-electron chi connectivity index (χ0n) is 14.8. The van der Waals surface area contributed by atoms with Gasteiger partial charge in [0.15, 0.2) is 5.82 Å². The minimum Gasteiger partial charge on any atom is -0.335 e. The zero-order valence-corrected chi connectivity index (χ0v) is 17.1. The van der Waals surface area contributed by atoms with Crippen LogP contribution in [0, 0.1) is 0 Å². The van der Waals surface area contributed by atoms with Gasteiger partial charge < -0.3 is 16.1 Å². The monoisotopic (exact) mass is 448 g/mol. The molecule has 0 fully saturated rings. The van der Waals surface area contributed by atoms with Crippen molar-refractivity contribution in [3.05, 3.63) is 52.5 Å². The van der Waals surface area contributed by atoms with E-state index < -0.39 is 0 Å². The van der Waals surface area contributed by atoms with E-state index in [9.17, 15) is 9.59 Å². The first-order valence-electron chi connectivity index (χ1n) is 8.42. The highest BCUT2D eigenvalue weighted by Crippen LogP contribution is 2.32. The largest absolute Gasteiger partial charge is 0.335 e. The average Bonchev–Trinajstić information content (AvgIpc) is 3.07. The number of carbonyl (C=O) groups is 2. The van der Waals surface area contributed by atoms with E-state index in [4.69, 9.17) is 29.0 Å². The molecule has 1 aliphatic heterocycles. The molecular formula is C18H14Cl2N6O2S. The van der Waals surface area contributed by atoms with Gasteiger partial charge in [-0.25, -0.2) is 4.68 Å². The lowest BCUT2D eigenvalue weighted by molar-refractivity contribution is -0.120. The van der Waals surface area contributed by atoms with Gasteiger partial charge in [-0.3, -0.25) is 9.59 Å². The van der Waals surface area contributed by atoms with Crippen LogP contribution in [0.4, 0.5) is 11.4 Å². The number of aromatic nitrogens is 3. The van der Waals surface area contributed by atoms with E-state index in [0.717, 1.165) is 11.8 Å². The van der Waals surface area contributed by atoms with Crippen molar-refractivity contribution >= 4 is 58.2 Å². The molecule has 148 valence electrons. The Balaban J connectivity index is 1.52. The zero-order chi connectivity index (χ0) is 20.5. The standard InChI is InChI=1S/C18H14Cl2N6O2S/c19-10-5-6-12(20)11(7-10)17-23-24-18(26(17)21)29-9-16(28)25-8-15(27)22-13-3-1-2-4-14(13)25/h1-7H,8-9,21H2,(H,22,27). The quantitative estimate of drug-likeness (QED) is 0.469. The molecule has 0 bridgehead atoms. The van der Waals surface area contributed by atoms with E-state index in [2.05, 4.69) is 15.5 Å². The molecule has 1 aromatic heterocycles. The molecular weight excluding hydrogens is 435 g/mol. The number of carbonyl (C=O) groups excluding carboxylic acids is 2. The molecule has 11 heteroatoms. The Morgan fingerprint density at radius 2 is 2.00 bits per heavy atom. The number of benzene rings is 2. The molecule has 0 atom stereocenters. The number of rotatable bonds is 4. The topological polar surface area (TPSA) is 106 Å². The van der Waals surface area contributed by atoms with Crippen molar-refractivity contribution in [1.82, 2.24) is 14.9 Å². The second-order valence-corrected chi connectivity index (χ2v) is 7.92. The maximum Gasteiger partial charge on any atom is 0.244 e. The van der Waals surface area contributed by atoms with Crippen LogP contribution in [-0.4, -0.2) is 39.0 Å². The molecule has 0 saturated heterocycles. The highest BCUT2D eigenvalue weighted by atomic mass is 35.5. The summed E-state index contributed by atoms with van der Waals surface area (Å²) in [6.45, 7) is -0.0465. The molecule has 0 radical (unpaired) electrons. The maximum atomic E-state index is 12.8. The molecule has 4 rings (SSSR count). The molecule has 29 heavy (non-hydrogen) atoms. The van der Waals surface area contributed by atoms with Gasteiger partial charge in [-0.1, -0.05) is 47.1 Å². The number of hydrogen-bond donors (Lipinski definition) is 2. The van der Waals surface area contributed by atoms with Crippen molar-refractivity contribution in [3.8, 4) is 11.4 Å². The summed E-state index contributed by atoms with van der Waals surface area (Å²) in [6, 6.07) is 12.1. The van der Waals surface area contributed by atoms with E-state index >= 15 is 0 Å². The van der Waals surface area contributed by atoms with Gasteiger partial charge in [-0.15, -0.1) is 10.2 Å². The van der Waals surface area contributed by atoms with Gasteiger partial charge in [0.1, 0.15) is 6.54 Å². The first-order chi connectivity index (χ1) is 13.9. The van der Waals surface area contributed by atoms with Gasteiger partial charge in [0.05, 0.1) is 22.2 Å². The summed E-state index contributed by atoms with van der Waals surface area (Å²) in [7, 11) is 0. The predicted molar refractivity (Wildman–Crippen MR) is 114 cm³/mol. The molecule has 1 aliphatic rings. The average molecular weight is 449 g/mol. The Labute approximate surface area is 179 Å². The predicted octanol–water partition coefficient (Wildman–Crippen LogP) is 3.04. The van der Waals surface area contributed by atoms with Crippen LogP contribution >= 0.6 is 35.0 Å². The summed E-state index contributed by atoms with van der Waals surface area (Å²) in [6.07, 6.45) is 0. The molecule has 0 spiro atoms. The molecule has 8 nitrogen and oxygen atoms in total. The smallest absolute Gasteiger partial charge is 0.244 e. The van der Waals surface area contributed by atoms with Crippen LogP contribution in [0.15, 0.2) is 47.6 Å². The van der Waals surface area contributed by atoms with E-state index in [0.29, 0.717) is 38.0 Å². The number of hydrogen-bond acceptors (Lipinski definition) is 6.